The zero-order valence-corrected chi connectivity index (χ0v) is 40.1. The number of carbonyl (C=O) groups excluding carboxylic acids is 1. The molecule has 0 aliphatic heterocycles. The number of nitrogens with zero attached hydrogens (tertiary/aromatic N) is 6. The molecular formula is C47H47BrN8O9S2. The highest BCUT2D eigenvalue weighted by molar-refractivity contribution is 9.10. The molecule has 0 bridgehead atoms. The molecule has 0 fully saturated rings. The summed E-state index contributed by atoms with van der Waals surface area (Å²) < 4.78 is 87.2. The zero-order chi connectivity index (χ0) is 47.6. The van der Waals surface area contributed by atoms with Crippen LogP contribution in [-0.2, 0) is 51.0 Å². The lowest BCUT2D eigenvalue weighted by Gasteiger charge is -2.26. The summed E-state index contributed by atoms with van der Waals surface area (Å²) in [5, 5.41) is 15.9. The molecule has 67 heavy (non-hydrogen) atoms. The van der Waals surface area contributed by atoms with Gasteiger partial charge in [-0.05, 0) is 105 Å². The van der Waals surface area contributed by atoms with E-state index in [1.54, 1.807) is 98.1 Å². The second-order valence-electron chi connectivity index (χ2n) is 15.1. The Morgan fingerprint density at radius 2 is 1.30 bits per heavy atom. The maximum atomic E-state index is 15.9. The first-order valence-electron chi connectivity index (χ1n) is 20.7. The van der Waals surface area contributed by atoms with Crippen molar-refractivity contribution in [3.63, 3.8) is 0 Å². The van der Waals surface area contributed by atoms with E-state index < -0.39 is 42.0 Å². The first-order valence-corrected chi connectivity index (χ1v) is 24.4. The van der Waals surface area contributed by atoms with Crippen LogP contribution in [0.3, 0.4) is 0 Å². The fraction of sp³-hybridized carbons (Fsp3) is 0.213. The standard InChI is InChI=1S/C47H47BrN8O9S2/c1-32(27-49-47(57)65-31-36-9-6-5-7-10-36)53-66(58,59)42-26-25-40(41-11-8-12-43(48)50-41)44(46-51-54-56(52-46)30-35-17-23-39(64-4)24-18-35)45(42)67(60,61)55(28-33-13-19-37(62-2)20-14-33)29-34-15-21-38(63-3)22-16-34/h5-26,32,53H,27-31H2,1-4H3,(H,49,57). The first kappa shape index (κ1) is 48.2. The number of aromatic nitrogens is 5. The Hall–Kier alpha value is -6.71. The summed E-state index contributed by atoms with van der Waals surface area (Å²) in [5.74, 6) is 1.57. The molecule has 2 heterocycles. The van der Waals surface area contributed by atoms with Gasteiger partial charge in [-0.2, -0.15) is 9.10 Å². The van der Waals surface area contributed by atoms with E-state index in [9.17, 15) is 13.2 Å². The monoisotopic (exact) mass is 1010 g/mol. The molecule has 7 rings (SSSR count). The van der Waals surface area contributed by atoms with Crippen molar-refractivity contribution in [2.45, 2.75) is 49.0 Å². The number of sulfonamides is 2. The van der Waals surface area contributed by atoms with Crippen molar-refractivity contribution in [3.05, 3.63) is 160 Å². The Balaban J connectivity index is 1.37. The maximum Gasteiger partial charge on any atom is 0.407 e. The third-order valence-electron chi connectivity index (χ3n) is 10.3. The number of alkyl carbamates (subject to hydrolysis) is 1. The fourth-order valence-corrected chi connectivity index (χ4v) is 10.9. The summed E-state index contributed by atoms with van der Waals surface area (Å²) in [6.45, 7) is 1.04. The topological polar surface area (TPSA) is 206 Å². The van der Waals surface area contributed by atoms with Gasteiger partial charge in [0, 0.05) is 31.2 Å². The quantitative estimate of drug-likeness (QED) is 0.0725. The molecule has 0 aliphatic carbocycles. The number of halogens is 1. The third-order valence-corrected chi connectivity index (χ3v) is 14.4. The molecule has 20 heteroatoms. The van der Waals surface area contributed by atoms with Gasteiger partial charge in [0.25, 0.3) is 0 Å². The number of amides is 1. The van der Waals surface area contributed by atoms with Crippen molar-refractivity contribution >= 4 is 42.1 Å². The van der Waals surface area contributed by atoms with Gasteiger partial charge >= 0.3 is 6.09 Å². The zero-order valence-electron chi connectivity index (χ0n) is 36.9. The molecule has 17 nitrogen and oxygen atoms in total. The molecule has 1 unspecified atom stereocenters. The highest BCUT2D eigenvalue weighted by Gasteiger charge is 2.38. The van der Waals surface area contributed by atoms with Gasteiger partial charge in [0.1, 0.15) is 38.2 Å². The van der Waals surface area contributed by atoms with E-state index in [2.05, 4.69) is 46.4 Å². The second-order valence-corrected chi connectivity index (χ2v) is 19.5. The molecule has 2 aromatic heterocycles. The van der Waals surface area contributed by atoms with Crippen molar-refractivity contribution in [2.24, 2.45) is 0 Å². The summed E-state index contributed by atoms with van der Waals surface area (Å²) in [5.41, 5.74) is 3.02. The van der Waals surface area contributed by atoms with Gasteiger partial charge in [-0.15, -0.1) is 10.2 Å². The lowest BCUT2D eigenvalue weighted by Crippen LogP contribution is -2.42. The van der Waals surface area contributed by atoms with Gasteiger partial charge in [-0.25, -0.2) is 31.3 Å². The van der Waals surface area contributed by atoms with Crippen molar-refractivity contribution in [2.75, 3.05) is 27.9 Å². The van der Waals surface area contributed by atoms with Crippen LogP contribution in [0.1, 0.15) is 29.2 Å². The number of benzene rings is 5. The fourth-order valence-electron chi connectivity index (χ4n) is 6.93. The van der Waals surface area contributed by atoms with Crippen molar-refractivity contribution < 1.29 is 40.6 Å². The van der Waals surface area contributed by atoms with Crippen molar-refractivity contribution in [3.8, 4) is 39.9 Å². The number of pyridine rings is 1. The van der Waals surface area contributed by atoms with Crippen LogP contribution in [0.4, 0.5) is 4.79 Å². The normalized spacial score (nSPS) is 12.1. The Bertz CT molecular complexity index is 2970. The number of carbonyl (C=O) groups is 1. The Kier molecular flexibility index (Phi) is 15.6. The summed E-state index contributed by atoms with van der Waals surface area (Å²) in [4.78, 5) is 17.4. The molecule has 7 aromatic rings. The molecule has 1 amide bonds. The highest BCUT2D eigenvalue weighted by atomic mass is 79.9. The number of methoxy groups -OCH3 is 3. The van der Waals surface area contributed by atoms with E-state index in [-0.39, 0.29) is 55.4 Å². The minimum Gasteiger partial charge on any atom is -0.497 e. The third kappa shape index (κ3) is 12.2. The van der Waals surface area contributed by atoms with Crippen LogP contribution < -0.4 is 24.2 Å². The number of hydrogen-bond acceptors (Lipinski definition) is 13. The van der Waals surface area contributed by atoms with E-state index in [0.717, 1.165) is 11.1 Å². The van der Waals surface area contributed by atoms with Gasteiger partial charge in [-0.1, -0.05) is 78.9 Å². The van der Waals surface area contributed by atoms with Crippen LogP contribution >= 0.6 is 15.9 Å². The van der Waals surface area contributed by atoms with Crippen molar-refractivity contribution in [1.82, 2.24) is 39.5 Å². The minimum absolute atomic E-state index is 0.00171. The Morgan fingerprint density at radius 1 is 0.716 bits per heavy atom. The average Bonchev–Trinajstić information content (AvgIpc) is 3.80. The number of tetrazole rings is 1. The van der Waals surface area contributed by atoms with Gasteiger partial charge in [0.15, 0.2) is 0 Å². The lowest BCUT2D eigenvalue weighted by atomic mass is 10.0. The highest BCUT2D eigenvalue weighted by Crippen LogP contribution is 2.41. The van der Waals surface area contributed by atoms with Crippen LogP contribution in [0.5, 0.6) is 17.2 Å². The van der Waals surface area contributed by atoms with Gasteiger partial charge in [0.2, 0.25) is 25.9 Å². The lowest BCUT2D eigenvalue weighted by molar-refractivity contribution is 0.139. The average molecular weight is 1010 g/mol. The maximum absolute atomic E-state index is 15.9. The van der Waals surface area contributed by atoms with E-state index in [1.807, 2.05) is 30.3 Å². The molecule has 0 aliphatic rings. The second kappa shape index (κ2) is 21.7. The molecule has 0 saturated carbocycles. The predicted octanol–water partition coefficient (Wildman–Crippen LogP) is 7.22. The van der Waals surface area contributed by atoms with Crippen molar-refractivity contribution in [1.29, 1.82) is 0 Å². The number of nitrogens with one attached hydrogen (secondary N) is 2. The van der Waals surface area contributed by atoms with Gasteiger partial charge < -0.3 is 24.3 Å². The molecule has 348 valence electrons. The van der Waals surface area contributed by atoms with Gasteiger partial charge in [0.05, 0.1) is 39.1 Å². The molecule has 0 radical (unpaired) electrons. The van der Waals surface area contributed by atoms with E-state index in [0.29, 0.717) is 33.0 Å². The van der Waals surface area contributed by atoms with Crippen LogP contribution in [-0.4, -0.2) is 86.3 Å². The molecular weight excluding hydrogens is 965 g/mol. The molecule has 2 N–H and O–H groups in total. The molecule has 1 atom stereocenters. The van der Waals surface area contributed by atoms with Gasteiger partial charge in [-0.3, -0.25) is 0 Å². The number of hydrogen-bond donors (Lipinski definition) is 2. The number of rotatable bonds is 20. The Morgan fingerprint density at radius 3 is 1.87 bits per heavy atom. The first-order chi connectivity index (χ1) is 32.3. The molecule has 5 aromatic carbocycles. The summed E-state index contributed by atoms with van der Waals surface area (Å²) >= 11 is 3.43. The Labute approximate surface area is 397 Å². The summed E-state index contributed by atoms with van der Waals surface area (Å²) in [6, 6.07) is 36.8. The van der Waals surface area contributed by atoms with Crippen LogP contribution in [0.15, 0.2) is 148 Å². The van der Waals surface area contributed by atoms with Crippen LogP contribution in [0, 0.1) is 0 Å². The summed E-state index contributed by atoms with van der Waals surface area (Å²) in [7, 11) is -5.08. The summed E-state index contributed by atoms with van der Waals surface area (Å²) in [6.07, 6.45) is -0.775. The number of ether oxygens (including phenoxy) is 4. The molecule has 0 spiro atoms. The largest absolute Gasteiger partial charge is 0.497 e. The SMILES string of the molecule is COc1ccc(CN(Cc2ccc(OC)cc2)S(=O)(=O)c2c(S(=O)(=O)NC(C)CNC(=O)OCc3ccccc3)ccc(-c3cccc(Br)n3)c2-c2nnn(Cc3ccc(OC)cc3)n2)cc1. The van der Waals surface area contributed by atoms with Crippen LogP contribution in [0.2, 0.25) is 0 Å². The van der Waals surface area contributed by atoms with E-state index in [1.165, 1.54) is 42.4 Å². The predicted molar refractivity (Wildman–Crippen MR) is 253 cm³/mol. The van der Waals surface area contributed by atoms with E-state index in [4.69, 9.17) is 18.9 Å². The van der Waals surface area contributed by atoms with Crippen LogP contribution in [0.25, 0.3) is 22.6 Å². The smallest absolute Gasteiger partial charge is 0.407 e. The molecule has 0 saturated heterocycles. The minimum atomic E-state index is -4.92. The van der Waals surface area contributed by atoms with E-state index >= 15 is 8.42 Å².